The Hall–Kier alpha value is -1.66. The van der Waals surface area contributed by atoms with Gasteiger partial charge in [0, 0.05) is 32.7 Å². The minimum absolute atomic E-state index is 0.266. The molecule has 0 radical (unpaired) electrons. The monoisotopic (exact) mass is 324 g/mol. The number of carbonyl (C=O) groups excluding carboxylic acids is 1. The highest BCUT2D eigenvalue weighted by atomic mass is 19.1. The molecule has 6 heteroatoms. The Morgan fingerprint density at radius 3 is 2.39 bits per heavy atom. The molecule has 1 amide bonds. The second kappa shape index (κ2) is 8.26. The van der Waals surface area contributed by atoms with E-state index in [-0.39, 0.29) is 11.9 Å². The summed E-state index contributed by atoms with van der Waals surface area (Å²) < 4.78 is 18.1. The van der Waals surface area contributed by atoms with Crippen LogP contribution in [0.15, 0.2) is 24.3 Å². The lowest BCUT2D eigenvalue weighted by Gasteiger charge is -2.35. The number of ether oxygens (including phenoxy) is 1. The Labute approximate surface area is 136 Å². The van der Waals surface area contributed by atoms with E-state index in [1.165, 1.54) is 12.1 Å². The average molecular weight is 324 g/mol. The second-order valence-corrected chi connectivity index (χ2v) is 6.33. The van der Waals surface area contributed by atoms with Gasteiger partial charge in [-0.1, -0.05) is 26.0 Å². The maximum absolute atomic E-state index is 12.9. The lowest BCUT2D eigenvalue weighted by atomic mass is 10.1. The molecule has 0 saturated carbocycles. The van der Waals surface area contributed by atoms with Crippen LogP contribution in [0.2, 0.25) is 0 Å². The fraction of sp³-hybridized carbons (Fsp3) is 0.588. The van der Waals surface area contributed by atoms with Gasteiger partial charge < -0.3 is 14.7 Å². The number of carbonyl (C=O) groups is 1. The summed E-state index contributed by atoms with van der Waals surface area (Å²) in [7, 11) is 0. The van der Waals surface area contributed by atoms with Crippen molar-refractivity contribution in [3.63, 3.8) is 0 Å². The van der Waals surface area contributed by atoms with Crippen molar-refractivity contribution in [2.45, 2.75) is 20.0 Å². The predicted molar refractivity (Wildman–Crippen MR) is 85.6 cm³/mol. The van der Waals surface area contributed by atoms with Crippen molar-refractivity contribution in [3.8, 4) is 0 Å². The molecule has 1 aromatic carbocycles. The number of aliphatic hydroxyl groups excluding tert-OH is 1. The van der Waals surface area contributed by atoms with Crippen molar-refractivity contribution in [2.75, 3.05) is 39.3 Å². The van der Waals surface area contributed by atoms with Crippen LogP contribution in [0.5, 0.6) is 0 Å². The quantitative estimate of drug-likeness (QED) is 0.903. The first kappa shape index (κ1) is 17.7. The van der Waals surface area contributed by atoms with E-state index in [1.54, 1.807) is 17.0 Å². The zero-order chi connectivity index (χ0) is 16.8. The van der Waals surface area contributed by atoms with Gasteiger partial charge in [-0.15, -0.1) is 0 Å². The summed E-state index contributed by atoms with van der Waals surface area (Å²) in [6, 6.07) is 5.89. The van der Waals surface area contributed by atoms with Gasteiger partial charge in [-0.2, -0.15) is 0 Å². The van der Waals surface area contributed by atoms with Crippen LogP contribution in [0, 0.1) is 11.7 Å². The second-order valence-electron chi connectivity index (χ2n) is 6.33. The number of aliphatic hydroxyl groups is 1. The summed E-state index contributed by atoms with van der Waals surface area (Å²) in [5.41, 5.74) is 0.699. The van der Waals surface area contributed by atoms with Crippen molar-refractivity contribution in [2.24, 2.45) is 5.92 Å². The number of benzene rings is 1. The maximum atomic E-state index is 12.9. The van der Waals surface area contributed by atoms with Crippen LogP contribution in [0.25, 0.3) is 0 Å². The summed E-state index contributed by atoms with van der Waals surface area (Å²) in [4.78, 5) is 15.7. The van der Waals surface area contributed by atoms with E-state index in [4.69, 9.17) is 4.74 Å². The maximum Gasteiger partial charge on any atom is 0.409 e. The van der Waals surface area contributed by atoms with Crippen LogP contribution in [0.3, 0.4) is 0 Å². The Bertz CT molecular complexity index is 499. The molecule has 1 aliphatic heterocycles. The molecule has 1 aliphatic rings. The highest BCUT2D eigenvalue weighted by molar-refractivity contribution is 5.67. The van der Waals surface area contributed by atoms with E-state index in [2.05, 4.69) is 4.90 Å². The zero-order valence-corrected chi connectivity index (χ0v) is 13.7. The van der Waals surface area contributed by atoms with Gasteiger partial charge in [-0.05, 0) is 23.6 Å². The third-order valence-corrected chi connectivity index (χ3v) is 3.86. The van der Waals surface area contributed by atoms with Gasteiger partial charge in [-0.3, -0.25) is 4.90 Å². The molecular weight excluding hydrogens is 299 g/mol. The lowest BCUT2D eigenvalue weighted by molar-refractivity contribution is 0.0519. The van der Waals surface area contributed by atoms with Crippen molar-refractivity contribution >= 4 is 6.09 Å². The summed E-state index contributed by atoms with van der Waals surface area (Å²) in [5.74, 6) is 0.0144. The molecule has 1 fully saturated rings. The molecule has 1 N–H and O–H groups in total. The molecule has 128 valence electrons. The van der Waals surface area contributed by atoms with Gasteiger partial charge in [0.1, 0.15) is 5.82 Å². The van der Waals surface area contributed by atoms with Crippen molar-refractivity contribution in [1.82, 2.24) is 9.80 Å². The molecular formula is C17H25FN2O3. The topological polar surface area (TPSA) is 53.0 Å². The average Bonchev–Trinajstić information content (AvgIpc) is 2.54. The molecule has 1 heterocycles. The van der Waals surface area contributed by atoms with Crippen molar-refractivity contribution in [1.29, 1.82) is 0 Å². The van der Waals surface area contributed by atoms with E-state index in [1.807, 2.05) is 13.8 Å². The Kier molecular flexibility index (Phi) is 6.36. The molecule has 0 spiro atoms. The van der Waals surface area contributed by atoms with Gasteiger partial charge in [0.25, 0.3) is 0 Å². The number of rotatable bonds is 5. The third kappa shape index (κ3) is 5.48. The highest BCUT2D eigenvalue weighted by Crippen LogP contribution is 2.16. The summed E-state index contributed by atoms with van der Waals surface area (Å²) in [6.45, 7) is 7.47. The summed E-state index contributed by atoms with van der Waals surface area (Å²) in [5, 5.41) is 10.2. The van der Waals surface area contributed by atoms with Crippen LogP contribution in [-0.2, 0) is 4.74 Å². The molecule has 1 aromatic rings. The fourth-order valence-corrected chi connectivity index (χ4v) is 2.48. The predicted octanol–water partition coefficient (Wildman–Crippen LogP) is 2.27. The number of hydrogen-bond donors (Lipinski definition) is 1. The largest absolute Gasteiger partial charge is 0.449 e. The first-order valence-corrected chi connectivity index (χ1v) is 8.03. The van der Waals surface area contributed by atoms with Gasteiger partial charge in [0.15, 0.2) is 0 Å². The molecule has 1 atom stereocenters. The summed E-state index contributed by atoms with van der Waals surface area (Å²) in [6.07, 6.45) is -0.924. The van der Waals surface area contributed by atoms with Crippen molar-refractivity contribution < 1.29 is 19.0 Å². The number of hydrogen-bond acceptors (Lipinski definition) is 4. The van der Waals surface area contributed by atoms with E-state index >= 15 is 0 Å². The first-order valence-electron chi connectivity index (χ1n) is 8.03. The minimum atomic E-state index is -0.657. The van der Waals surface area contributed by atoms with Gasteiger partial charge in [-0.25, -0.2) is 9.18 Å². The van der Waals surface area contributed by atoms with E-state index in [9.17, 15) is 14.3 Å². The number of β-amino-alcohol motifs (C(OH)–C–C–N with tert-alkyl or cyclic N) is 1. The lowest BCUT2D eigenvalue weighted by Crippen LogP contribution is -2.49. The smallest absolute Gasteiger partial charge is 0.409 e. The minimum Gasteiger partial charge on any atom is -0.449 e. The van der Waals surface area contributed by atoms with Crippen molar-refractivity contribution in [3.05, 3.63) is 35.6 Å². The molecule has 0 aliphatic carbocycles. The number of amides is 1. The molecule has 5 nitrogen and oxygen atoms in total. The van der Waals surface area contributed by atoms with E-state index in [0.29, 0.717) is 50.8 Å². The van der Waals surface area contributed by atoms with Gasteiger partial charge in [0.2, 0.25) is 0 Å². The number of piperazine rings is 1. The zero-order valence-electron chi connectivity index (χ0n) is 13.7. The Morgan fingerprint density at radius 2 is 1.83 bits per heavy atom. The SMILES string of the molecule is CC(C)COC(=O)N1CCN(CC(O)c2ccc(F)cc2)CC1. The first-order chi connectivity index (χ1) is 11.0. The normalized spacial score (nSPS) is 17.3. The third-order valence-electron chi connectivity index (χ3n) is 3.86. The molecule has 23 heavy (non-hydrogen) atoms. The molecule has 0 aromatic heterocycles. The highest BCUT2D eigenvalue weighted by Gasteiger charge is 2.24. The van der Waals surface area contributed by atoms with E-state index in [0.717, 1.165) is 0 Å². The number of nitrogens with zero attached hydrogens (tertiary/aromatic N) is 2. The Morgan fingerprint density at radius 1 is 1.22 bits per heavy atom. The van der Waals surface area contributed by atoms with Crippen LogP contribution in [0.4, 0.5) is 9.18 Å². The van der Waals surface area contributed by atoms with Gasteiger partial charge in [0.05, 0.1) is 12.7 Å². The molecule has 1 saturated heterocycles. The molecule has 2 rings (SSSR count). The number of halogens is 1. The molecule has 1 unspecified atom stereocenters. The summed E-state index contributed by atoms with van der Waals surface area (Å²) >= 11 is 0. The molecule has 0 bridgehead atoms. The van der Waals surface area contributed by atoms with Crippen LogP contribution in [-0.4, -0.2) is 60.3 Å². The van der Waals surface area contributed by atoms with E-state index < -0.39 is 6.10 Å². The van der Waals surface area contributed by atoms with Crippen LogP contribution in [0.1, 0.15) is 25.5 Å². The van der Waals surface area contributed by atoms with Crippen LogP contribution >= 0.6 is 0 Å². The standard InChI is InChI=1S/C17H25FN2O3/c1-13(2)12-23-17(22)20-9-7-19(8-10-20)11-16(21)14-3-5-15(18)6-4-14/h3-6,13,16,21H,7-12H2,1-2H3. The van der Waals surface area contributed by atoms with Crippen LogP contribution < -0.4 is 0 Å². The fourth-order valence-electron chi connectivity index (χ4n) is 2.48. The van der Waals surface area contributed by atoms with Gasteiger partial charge >= 0.3 is 6.09 Å². The Balaban J connectivity index is 1.76.